The number of hydrogen-bond acceptors (Lipinski definition) is 5. The number of nitrogens with zero attached hydrogens (tertiary/aromatic N) is 1. The highest BCUT2D eigenvalue weighted by atomic mass is 32.1. The first-order valence-corrected chi connectivity index (χ1v) is 7.73. The SMILES string of the molecule is CCOC1CC(NCCOC)(c2nc(C)c(C)s2)C1. The molecule has 1 aromatic heterocycles. The third kappa shape index (κ3) is 3.16. The maximum Gasteiger partial charge on any atom is 0.113 e. The molecule has 1 N–H and O–H groups in total. The van der Waals surface area contributed by atoms with Crippen molar-refractivity contribution in [1.29, 1.82) is 0 Å². The molecule has 1 saturated carbocycles. The van der Waals surface area contributed by atoms with Gasteiger partial charge in [-0.3, -0.25) is 0 Å². The van der Waals surface area contributed by atoms with Gasteiger partial charge in [0, 0.05) is 25.1 Å². The molecule has 19 heavy (non-hydrogen) atoms. The number of aryl methyl sites for hydroxylation is 2. The van der Waals surface area contributed by atoms with E-state index in [4.69, 9.17) is 14.5 Å². The number of methoxy groups -OCH3 is 1. The van der Waals surface area contributed by atoms with Gasteiger partial charge in [0.15, 0.2) is 0 Å². The average Bonchev–Trinajstić information content (AvgIpc) is 2.66. The second kappa shape index (κ2) is 6.31. The van der Waals surface area contributed by atoms with Crippen LogP contribution >= 0.6 is 11.3 Å². The van der Waals surface area contributed by atoms with E-state index in [1.54, 1.807) is 18.4 Å². The number of hydrogen-bond donors (Lipinski definition) is 1. The van der Waals surface area contributed by atoms with E-state index in [1.165, 1.54) is 9.88 Å². The van der Waals surface area contributed by atoms with Crippen molar-refractivity contribution >= 4 is 11.3 Å². The normalized spacial score (nSPS) is 26.4. The van der Waals surface area contributed by atoms with E-state index in [1.807, 2.05) is 0 Å². The summed E-state index contributed by atoms with van der Waals surface area (Å²) in [4.78, 5) is 6.05. The third-order valence-electron chi connectivity index (χ3n) is 3.76. The molecular formula is C14H24N2O2S. The van der Waals surface area contributed by atoms with E-state index >= 15 is 0 Å². The fourth-order valence-electron chi connectivity index (χ4n) is 2.54. The van der Waals surface area contributed by atoms with Crippen molar-refractivity contribution in [1.82, 2.24) is 10.3 Å². The summed E-state index contributed by atoms with van der Waals surface area (Å²) in [6.45, 7) is 8.64. The molecule has 0 bridgehead atoms. The molecule has 0 aromatic carbocycles. The largest absolute Gasteiger partial charge is 0.383 e. The molecule has 0 aliphatic heterocycles. The van der Waals surface area contributed by atoms with Crippen LogP contribution in [0.1, 0.15) is 35.3 Å². The molecule has 108 valence electrons. The van der Waals surface area contributed by atoms with Gasteiger partial charge in [0.25, 0.3) is 0 Å². The van der Waals surface area contributed by atoms with Crippen molar-refractivity contribution in [2.45, 2.75) is 45.3 Å². The lowest BCUT2D eigenvalue weighted by Gasteiger charge is -2.46. The van der Waals surface area contributed by atoms with Gasteiger partial charge in [-0.1, -0.05) is 0 Å². The average molecular weight is 284 g/mol. The minimum Gasteiger partial charge on any atom is -0.383 e. The van der Waals surface area contributed by atoms with Crippen molar-refractivity contribution in [3.8, 4) is 0 Å². The molecule has 1 aromatic rings. The second-order valence-corrected chi connectivity index (χ2v) is 6.35. The number of aromatic nitrogens is 1. The van der Waals surface area contributed by atoms with E-state index in [0.717, 1.165) is 38.3 Å². The van der Waals surface area contributed by atoms with Gasteiger partial charge in [-0.25, -0.2) is 4.98 Å². The Hall–Kier alpha value is -0.490. The number of nitrogens with one attached hydrogen (secondary N) is 1. The molecule has 1 heterocycles. The molecule has 0 amide bonds. The van der Waals surface area contributed by atoms with Crippen LogP contribution in [0.25, 0.3) is 0 Å². The van der Waals surface area contributed by atoms with Gasteiger partial charge in [-0.2, -0.15) is 0 Å². The zero-order chi connectivity index (χ0) is 13.9. The van der Waals surface area contributed by atoms with Crippen molar-refractivity contribution in [3.63, 3.8) is 0 Å². The minimum absolute atomic E-state index is 0.00204. The standard InChI is InChI=1S/C14H24N2O2S/c1-5-18-12-8-14(9-12,15-6-7-17-4)13-16-10(2)11(3)19-13/h12,15H,5-9H2,1-4H3. The summed E-state index contributed by atoms with van der Waals surface area (Å²) in [5, 5.41) is 4.82. The first kappa shape index (κ1) is 14.9. The van der Waals surface area contributed by atoms with Crippen molar-refractivity contribution in [2.24, 2.45) is 0 Å². The van der Waals surface area contributed by atoms with Gasteiger partial charge in [0.1, 0.15) is 5.01 Å². The molecule has 5 heteroatoms. The van der Waals surface area contributed by atoms with Crippen LogP contribution in [0, 0.1) is 13.8 Å². The Morgan fingerprint density at radius 2 is 2.16 bits per heavy atom. The summed E-state index contributed by atoms with van der Waals surface area (Å²) < 4.78 is 10.8. The lowest BCUT2D eigenvalue weighted by molar-refractivity contribution is -0.0550. The van der Waals surface area contributed by atoms with Crippen LogP contribution in [0.15, 0.2) is 0 Å². The first-order chi connectivity index (χ1) is 9.11. The van der Waals surface area contributed by atoms with Crippen LogP contribution in [-0.2, 0) is 15.0 Å². The van der Waals surface area contributed by atoms with Crippen molar-refractivity contribution in [3.05, 3.63) is 15.6 Å². The van der Waals surface area contributed by atoms with Gasteiger partial charge < -0.3 is 14.8 Å². The van der Waals surface area contributed by atoms with E-state index in [-0.39, 0.29) is 5.54 Å². The van der Waals surface area contributed by atoms with Gasteiger partial charge in [-0.05, 0) is 33.6 Å². The van der Waals surface area contributed by atoms with Crippen LogP contribution in [0.3, 0.4) is 0 Å². The van der Waals surface area contributed by atoms with E-state index in [0.29, 0.717) is 6.10 Å². The number of thiazole rings is 1. The van der Waals surface area contributed by atoms with Crippen LogP contribution in [0.2, 0.25) is 0 Å². The molecule has 0 saturated heterocycles. The first-order valence-electron chi connectivity index (χ1n) is 6.91. The second-order valence-electron chi connectivity index (χ2n) is 5.15. The lowest BCUT2D eigenvalue weighted by Crippen LogP contribution is -2.56. The molecule has 2 rings (SSSR count). The van der Waals surface area contributed by atoms with Gasteiger partial charge in [-0.15, -0.1) is 11.3 Å². The molecule has 0 unspecified atom stereocenters. The van der Waals surface area contributed by atoms with Crippen LogP contribution in [-0.4, -0.2) is 38.0 Å². The van der Waals surface area contributed by atoms with E-state index in [2.05, 4.69) is 26.1 Å². The van der Waals surface area contributed by atoms with Crippen molar-refractivity contribution in [2.75, 3.05) is 26.9 Å². The summed E-state index contributed by atoms with van der Waals surface area (Å²) in [7, 11) is 1.73. The Balaban J connectivity index is 2.07. The smallest absolute Gasteiger partial charge is 0.113 e. The third-order valence-corrected chi connectivity index (χ3v) is 5.04. The quantitative estimate of drug-likeness (QED) is 0.781. The summed E-state index contributed by atoms with van der Waals surface area (Å²) in [5.41, 5.74) is 1.15. The Labute approximate surface area is 119 Å². The molecule has 0 spiro atoms. The fraction of sp³-hybridized carbons (Fsp3) is 0.786. The minimum atomic E-state index is 0.00204. The van der Waals surface area contributed by atoms with E-state index in [9.17, 15) is 0 Å². The lowest BCUT2D eigenvalue weighted by atomic mass is 9.74. The highest BCUT2D eigenvalue weighted by Gasteiger charge is 2.48. The molecular weight excluding hydrogens is 260 g/mol. The Morgan fingerprint density at radius 3 is 2.68 bits per heavy atom. The van der Waals surface area contributed by atoms with Gasteiger partial charge in [0.2, 0.25) is 0 Å². The van der Waals surface area contributed by atoms with Gasteiger partial charge in [0.05, 0.1) is 23.9 Å². The van der Waals surface area contributed by atoms with Crippen LogP contribution < -0.4 is 5.32 Å². The summed E-state index contributed by atoms with van der Waals surface area (Å²) in [6.07, 6.45) is 2.39. The topological polar surface area (TPSA) is 43.4 Å². The monoisotopic (exact) mass is 284 g/mol. The molecule has 1 fully saturated rings. The number of ether oxygens (including phenoxy) is 2. The molecule has 0 radical (unpaired) electrons. The maximum absolute atomic E-state index is 5.70. The zero-order valence-corrected chi connectivity index (χ0v) is 13.1. The predicted molar refractivity (Wildman–Crippen MR) is 77.8 cm³/mol. The van der Waals surface area contributed by atoms with Crippen LogP contribution in [0.5, 0.6) is 0 Å². The Morgan fingerprint density at radius 1 is 1.42 bits per heavy atom. The van der Waals surface area contributed by atoms with Gasteiger partial charge >= 0.3 is 0 Å². The summed E-state index contributed by atoms with van der Waals surface area (Å²) in [5.74, 6) is 0. The molecule has 0 atom stereocenters. The Kier molecular flexibility index (Phi) is 4.95. The Bertz CT molecular complexity index is 389. The van der Waals surface area contributed by atoms with Crippen LogP contribution in [0.4, 0.5) is 0 Å². The molecule has 1 aliphatic carbocycles. The fourth-order valence-corrected chi connectivity index (χ4v) is 3.64. The molecule has 1 aliphatic rings. The summed E-state index contributed by atoms with van der Waals surface area (Å²) in [6, 6.07) is 0. The van der Waals surface area contributed by atoms with Crippen molar-refractivity contribution < 1.29 is 9.47 Å². The number of rotatable bonds is 7. The maximum atomic E-state index is 5.70. The highest BCUT2D eigenvalue weighted by molar-refractivity contribution is 7.11. The summed E-state index contributed by atoms with van der Waals surface area (Å²) >= 11 is 1.81. The van der Waals surface area contributed by atoms with E-state index < -0.39 is 0 Å². The molecule has 4 nitrogen and oxygen atoms in total. The predicted octanol–water partition coefficient (Wildman–Crippen LogP) is 2.39. The zero-order valence-electron chi connectivity index (χ0n) is 12.3. The highest BCUT2D eigenvalue weighted by Crippen LogP contribution is 2.44.